The Morgan fingerprint density at radius 2 is 0.744 bits per heavy atom. The van der Waals surface area contributed by atoms with Crippen LogP contribution in [0.3, 0.4) is 0 Å². The fraction of sp³-hybridized carbons (Fsp3) is 0.0909. The van der Waals surface area contributed by atoms with E-state index in [2.05, 4.69) is 293 Å². The second-order valence-electron chi connectivity index (χ2n) is 22.7. The molecule has 368 valence electrons. The molecule has 0 N–H and O–H groups in total. The fourth-order valence-electron chi connectivity index (χ4n) is 15.5. The monoisotopic (exact) mass is 993 g/mol. The van der Waals surface area contributed by atoms with Crippen molar-refractivity contribution < 1.29 is 0 Å². The van der Waals surface area contributed by atoms with Crippen LogP contribution in [0.5, 0.6) is 0 Å². The maximum Gasteiger partial charge on any atom is 0.0734 e. The normalized spacial score (nSPS) is 15.9. The minimum Gasteiger partial charge on any atom is -0.310 e. The maximum atomic E-state index is 2.59. The van der Waals surface area contributed by atoms with Crippen LogP contribution < -0.4 is 4.90 Å². The van der Waals surface area contributed by atoms with Gasteiger partial charge in [-0.1, -0.05) is 244 Å². The molecule has 0 saturated carbocycles. The molecule has 0 fully saturated rings. The number of hydrogen-bond acceptors (Lipinski definition) is 1. The molecule has 1 heteroatoms. The predicted molar refractivity (Wildman–Crippen MR) is 325 cm³/mol. The maximum absolute atomic E-state index is 2.59. The van der Waals surface area contributed by atoms with Crippen LogP contribution in [-0.4, -0.2) is 0 Å². The third-order valence-corrected chi connectivity index (χ3v) is 18.6. The summed E-state index contributed by atoms with van der Waals surface area (Å²) < 4.78 is 0. The quantitative estimate of drug-likeness (QED) is 0.160. The molecular formula is C77H55N. The zero-order valence-electron chi connectivity index (χ0n) is 44.3. The van der Waals surface area contributed by atoms with Crippen LogP contribution in [0.1, 0.15) is 80.6 Å². The lowest BCUT2D eigenvalue weighted by atomic mass is 9.67. The highest BCUT2D eigenvalue weighted by Crippen LogP contribution is 2.66. The molecule has 1 spiro atoms. The minimum atomic E-state index is -0.570. The van der Waals surface area contributed by atoms with Crippen molar-refractivity contribution in [2.24, 2.45) is 0 Å². The standard InChI is InChI=1S/C77H55N/c1-48-22-18-40-67-71(48)63-36-17-23-49(2)73(63)77(67)66-39-16-13-32-57(66)61-34-21-35-62(74(61)77)60-33-19-24-50-25-20-41-70(72(50)60)78(53-42-44-58-55-30-11-14-37-64(55)75(3,4)68(58)46-53)54-43-45-59-56-31-12-15-38-65(56)76(69(59)47-54,51-26-7-5-8-27-51)52-28-9-6-10-29-52/h5-47H,1-4H3. The summed E-state index contributed by atoms with van der Waals surface area (Å²) in [5.41, 5.74) is 30.9. The Balaban J connectivity index is 1.00. The molecule has 12 aromatic rings. The second-order valence-corrected chi connectivity index (χ2v) is 22.7. The zero-order chi connectivity index (χ0) is 52.1. The minimum absolute atomic E-state index is 0.203. The molecule has 0 aromatic heterocycles. The average molecular weight is 994 g/mol. The Hall–Kier alpha value is -9.30. The van der Waals surface area contributed by atoms with Crippen LogP contribution in [0.15, 0.2) is 261 Å². The Kier molecular flexibility index (Phi) is 9.42. The van der Waals surface area contributed by atoms with Crippen LogP contribution in [0.4, 0.5) is 17.1 Å². The van der Waals surface area contributed by atoms with Crippen molar-refractivity contribution in [1.29, 1.82) is 0 Å². The summed E-state index contributed by atoms with van der Waals surface area (Å²) in [6, 6.07) is 99.4. The number of rotatable bonds is 6. The Bertz CT molecular complexity index is 4450. The lowest BCUT2D eigenvalue weighted by Crippen LogP contribution is -2.28. The first kappa shape index (κ1) is 44.9. The highest BCUT2D eigenvalue weighted by Gasteiger charge is 2.54. The molecule has 4 aliphatic rings. The summed E-state index contributed by atoms with van der Waals surface area (Å²) in [7, 11) is 0. The van der Waals surface area contributed by atoms with E-state index < -0.39 is 10.8 Å². The van der Waals surface area contributed by atoms with Crippen molar-refractivity contribution >= 4 is 27.8 Å². The summed E-state index contributed by atoms with van der Waals surface area (Å²) in [5.74, 6) is 0. The van der Waals surface area contributed by atoms with E-state index in [1.54, 1.807) is 0 Å². The van der Waals surface area contributed by atoms with Crippen molar-refractivity contribution in [1.82, 2.24) is 0 Å². The van der Waals surface area contributed by atoms with Gasteiger partial charge in [-0.2, -0.15) is 0 Å². The van der Waals surface area contributed by atoms with E-state index in [1.165, 1.54) is 133 Å². The number of aryl methyl sites for hydroxylation is 2. The van der Waals surface area contributed by atoms with Crippen LogP contribution >= 0.6 is 0 Å². The van der Waals surface area contributed by atoms with Crippen LogP contribution in [0, 0.1) is 13.8 Å². The first-order chi connectivity index (χ1) is 38.3. The number of benzene rings is 12. The van der Waals surface area contributed by atoms with Crippen LogP contribution in [0.25, 0.3) is 66.4 Å². The lowest BCUT2D eigenvalue weighted by Gasteiger charge is -2.35. The lowest BCUT2D eigenvalue weighted by molar-refractivity contribution is 0.660. The second kappa shape index (κ2) is 16.4. The highest BCUT2D eigenvalue weighted by atomic mass is 15.1. The Morgan fingerprint density at radius 1 is 0.295 bits per heavy atom. The van der Waals surface area contributed by atoms with Gasteiger partial charge in [0.2, 0.25) is 0 Å². The smallest absolute Gasteiger partial charge is 0.0734 e. The summed E-state index contributed by atoms with van der Waals surface area (Å²) in [6.45, 7) is 9.42. The summed E-state index contributed by atoms with van der Waals surface area (Å²) in [6.07, 6.45) is 0. The zero-order valence-corrected chi connectivity index (χ0v) is 44.3. The van der Waals surface area contributed by atoms with E-state index in [1.807, 2.05) is 0 Å². The Morgan fingerprint density at radius 3 is 1.44 bits per heavy atom. The molecule has 1 atom stereocenters. The summed E-state index contributed by atoms with van der Waals surface area (Å²) in [5, 5.41) is 2.41. The van der Waals surface area contributed by atoms with E-state index >= 15 is 0 Å². The molecule has 12 aromatic carbocycles. The van der Waals surface area contributed by atoms with Crippen LogP contribution in [0.2, 0.25) is 0 Å². The van der Waals surface area contributed by atoms with Gasteiger partial charge in [-0.3, -0.25) is 0 Å². The van der Waals surface area contributed by atoms with Gasteiger partial charge in [0.1, 0.15) is 0 Å². The summed E-state index contributed by atoms with van der Waals surface area (Å²) >= 11 is 0. The molecule has 78 heavy (non-hydrogen) atoms. The van der Waals surface area contributed by atoms with Crippen LogP contribution in [-0.2, 0) is 16.2 Å². The third-order valence-electron chi connectivity index (χ3n) is 18.6. The number of anilines is 3. The van der Waals surface area contributed by atoms with E-state index in [-0.39, 0.29) is 5.41 Å². The van der Waals surface area contributed by atoms with Crippen molar-refractivity contribution in [3.8, 4) is 55.6 Å². The molecule has 0 aliphatic heterocycles. The van der Waals surface area contributed by atoms with Gasteiger partial charge < -0.3 is 4.90 Å². The van der Waals surface area contributed by atoms with E-state index in [0.717, 1.165) is 17.1 Å². The molecule has 1 unspecified atom stereocenters. The first-order valence-corrected chi connectivity index (χ1v) is 27.7. The SMILES string of the molecule is Cc1cccc2c1-c1cccc(C)c1C21c2ccccc2-c2cccc(-c3cccc4cccc(N(c5ccc6c(c5)C(C)(C)c5ccccc5-6)c5ccc6c(c5)C(c5ccccc5)(c5ccccc5)c5ccccc5-6)c34)c21. The van der Waals surface area contributed by atoms with Gasteiger partial charge in [0.25, 0.3) is 0 Å². The number of hydrogen-bond donors (Lipinski definition) is 0. The van der Waals surface area contributed by atoms with Gasteiger partial charge in [-0.25, -0.2) is 0 Å². The molecule has 0 saturated heterocycles. The van der Waals surface area contributed by atoms with Gasteiger partial charge in [0, 0.05) is 22.2 Å². The largest absolute Gasteiger partial charge is 0.310 e. The first-order valence-electron chi connectivity index (χ1n) is 27.7. The van der Waals surface area contributed by atoms with Crippen molar-refractivity contribution in [3.05, 3.63) is 328 Å². The van der Waals surface area contributed by atoms with Crippen molar-refractivity contribution in [2.45, 2.75) is 43.9 Å². The molecule has 0 amide bonds. The molecule has 1 nitrogen and oxygen atoms in total. The van der Waals surface area contributed by atoms with E-state index in [9.17, 15) is 0 Å². The third kappa shape index (κ3) is 5.75. The number of nitrogens with zero attached hydrogens (tertiary/aromatic N) is 1. The highest BCUT2D eigenvalue weighted by molar-refractivity contribution is 6.11. The van der Waals surface area contributed by atoms with E-state index in [4.69, 9.17) is 0 Å². The Labute approximate surface area is 457 Å². The van der Waals surface area contributed by atoms with Gasteiger partial charge in [-0.05, 0) is 172 Å². The molecule has 0 bridgehead atoms. The van der Waals surface area contributed by atoms with Crippen molar-refractivity contribution in [3.63, 3.8) is 0 Å². The summed E-state index contributed by atoms with van der Waals surface area (Å²) in [4.78, 5) is 2.59. The van der Waals surface area contributed by atoms with Gasteiger partial charge in [0.15, 0.2) is 0 Å². The number of fused-ring (bicyclic) bond motifs is 17. The topological polar surface area (TPSA) is 3.24 Å². The molecule has 0 heterocycles. The molecular weight excluding hydrogens is 939 g/mol. The van der Waals surface area contributed by atoms with E-state index in [0.29, 0.717) is 0 Å². The average Bonchev–Trinajstić information content (AvgIpc) is 2.34. The molecule has 0 radical (unpaired) electrons. The predicted octanol–water partition coefficient (Wildman–Crippen LogP) is 19.6. The molecule has 16 rings (SSSR count). The molecule has 4 aliphatic carbocycles. The fourth-order valence-corrected chi connectivity index (χ4v) is 15.5. The van der Waals surface area contributed by atoms with Gasteiger partial charge in [0.05, 0.1) is 16.5 Å². The van der Waals surface area contributed by atoms with Gasteiger partial charge in [-0.15, -0.1) is 0 Å². The van der Waals surface area contributed by atoms with Crippen molar-refractivity contribution in [2.75, 3.05) is 4.90 Å². The van der Waals surface area contributed by atoms with Gasteiger partial charge >= 0.3 is 0 Å².